The zero-order valence-electron chi connectivity index (χ0n) is 10.7. The van der Waals surface area contributed by atoms with Gasteiger partial charge in [-0.1, -0.05) is 0 Å². The van der Waals surface area contributed by atoms with Gasteiger partial charge in [-0.3, -0.25) is 0 Å². The summed E-state index contributed by atoms with van der Waals surface area (Å²) >= 11 is -2.81. The van der Waals surface area contributed by atoms with E-state index >= 15 is 0 Å². The monoisotopic (exact) mass is 394 g/mol. The second-order valence-corrected chi connectivity index (χ2v) is 19.8. The van der Waals surface area contributed by atoms with E-state index in [9.17, 15) is 0 Å². The van der Waals surface area contributed by atoms with E-state index in [2.05, 4.69) is 56.4 Å². The van der Waals surface area contributed by atoms with E-state index in [0.29, 0.717) is 0 Å². The van der Waals surface area contributed by atoms with Gasteiger partial charge in [-0.2, -0.15) is 0 Å². The molecule has 0 aliphatic heterocycles. The Balaban J connectivity index is -0.000000144. The third-order valence-corrected chi connectivity index (χ3v) is 0. The molecule has 0 aromatic rings. The van der Waals surface area contributed by atoms with Crippen LogP contribution in [0.1, 0.15) is 0 Å². The van der Waals surface area contributed by atoms with E-state index < -0.39 is 11.5 Å². The average Bonchev–Trinajstić information content (AvgIpc) is 1.41. The molecule has 0 unspecified atom stereocenters. The van der Waals surface area contributed by atoms with Gasteiger partial charge in [-0.05, 0) is 0 Å². The summed E-state index contributed by atoms with van der Waals surface area (Å²) < 4.78 is 2.00. The molecular weight excluding hydrogens is 372 g/mol. The molecule has 0 spiro atoms. The fraction of sp³-hybridized carbons (Fsp3) is 1.00. The SMILES string of the molecule is C[N+](C)(C)C.C[N+](C)(C)C.[Cl][Pd-2]([Cl])([Cl])[Cl]. The van der Waals surface area contributed by atoms with Crippen LogP contribution < -0.4 is 0 Å². The minimum atomic E-state index is -2.81. The van der Waals surface area contributed by atoms with Crippen LogP contribution in [0, 0.1) is 0 Å². The van der Waals surface area contributed by atoms with Crippen LogP contribution in [0.25, 0.3) is 0 Å². The normalized spacial score (nSPS) is 13.1. The molecule has 0 aliphatic carbocycles. The Morgan fingerprint density at radius 2 is 0.533 bits per heavy atom. The number of quaternary nitrogens is 2. The van der Waals surface area contributed by atoms with Crippen molar-refractivity contribution in [1.82, 2.24) is 0 Å². The van der Waals surface area contributed by atoms with Crippen LogP contribution in [0.3, 0.4) is 0 Å². The molecule has 0 saturated carbocycles. The van der Waals surface area contributed by atoms with Crippen LogP contribution in [0.15, 0.2) is 0 Å². The van der Waals surface area contributed by atoms with Crippen LogP contribution in [0.2, 0.25) is 0 Å². The third kappa shape index (κ3) is 979. The first kappa shape index (κ1) is 22.0. The van der Waals surface area contributed by atoms with Gasteiger partial charge in [0.25, 0.3) is 0 Å². The van der Waals surface area contributed by atoms with Gasteiger partial charge < -0.3 is 8.97 Å². The molecule has 0 N–H and O–H groups in total. The van der Waals surface area contributed by atoms with Gasteiger partial charge in [-0.25, -0.2) is 0 Å². The molecule has 15 heavy (non-hydrogen) atoms. The molecule has 104 valence electrons. The summed E-state index contributed by atoms with van der Waals surface area (Å²) in [7, 11) is 36.9. The van der Waals surface area contributed by atoms with Crippen molar-refractivity contribution in [2.75, 3.05) is 56.4 Å². The molecule has 0 aromatic carbocycles. The molecule has 0 aromatic heterocycles. The molecule has 0 bridgehead atoms. The van der Waals surface area contributed by atoms with Crippen molar-refractivity contribution in [3.8, 4) is 0 Å². The first-order valence-corrected chi connectivity index (χ1v) is 12.1. The van der Waals surface area contributed by atoms with Crippen molar-refractivity contribution in [2.24, 2.45) is 0 Å². The molecular formula is C8H24Cl4N2Pd. The van der Waals surface area contributed by atoms with Gasteiger partial charge in [0.05, 0.1) is 56.4 Å². The Kier molecular flexibility index (Phi) is 12.9. The molecule has 2 nitrogen and oxygen atoms in total. The summed E-state index contributed by atoms with van der Waals surface area (Å²) in [6, 6.07) is 0. The van der Waals surface area contributed by atoms with E-state index in [4.69, 9.17) is 38.1 Å². The van der Waals surface area contributed by atoms with Crippen molar-refractivity contribution < 1.29 is 20.4 Å². The fourth-order valence-electron chi connectivity index (χ4n) is 0. The predicted octanol–water partition coefficient (Wildman–Crippen LogP) is 3.40. The third-order valence-electron chi connectivity index (χ3n) is 0. The van der Waals surface area contributed by atoms with Crippen molar-refractivity contribution >= 4 is 38.1 Å². The first-order chi connectivity index (χ1) is 6.00. The van der Waals surface area contributed by atoms with Gasteiger partial charge in [0.15, 0.2) is 0 Å². The van der Waals surface area contributed by atoms with Crippen LogP contribution in [-0.2, 0) is 11.5 Å². The molecule has 0 atom stereocenters. The molecule has 7 heteroatoms. The van der Waals surface area contributed by atoms with Crippen molar-refractivity contribution in [1.29, 1.82) is 0 Å². The molecule has 0 radical (unpaired) electrons. The maximum absolute atomic E-state index is 4.98. The number of nitrogens with zero attached hydrogens (tertiary/aromatic N) is 2. The molecule has 0 amide bonds. The summed E-state index contributed by atoms with van der Waals surface area (Å²) in [4.78, 5) is 0. The van der Waals surface area contributed by atoms with Crippen LogP contribution in [-0.4, -0.2) is 65.3 Å². The van der Waals surface area contributed by atoms with Gasteiger partial charge >= 0.3 is 49.6 Å². The summed E-state index contributed by atoms with van der Waals surface area (Å²) in [5.74, 6) is 0. The predicted molar refractivity (Wildman–Crippen MR) is 71.3 cm³/mol. The van der Waals surface area contributed by atoms with E-state index in [1.54, 1.807) is 0 Å². The second-order valence-electron chi connectivity index (χ2n) is 5.64. The number of rotatable bonds is 0. The second kappa shape index (κ2) is 8.78. The number of hydrogen-bond donors (Lipinski definition) is 0. The van der Waals surface area contributed by atoms with Gasteiger partial charge in [0.1, 0.15) is 0 Å². The van der Waals surface area contributed by atoms with Crippen LogP contribution >= 0.6 is 38.1 Å². The van der Waals surface area contributed by atoms with Crippen molar-refractivity contribution in [3.05, 3.63) is 0 Å². The summed E-state index contributed by atoms with van der Waals surface area (Å²) in [5, 5.41) is 0. The first-order valence-electron chi connectivity index (χ1n) is 4.06. The van der Waals surface area contributed by atoms with Gasteiger partial charge in [0.2, 0.25) is 0 Å². The quantitative estimate of drug-likeness (QED) is 0.435. The van der Waals surface area contributed by atoms with E-state index in [-0.39, 0.29) is 0 Å². The zero-order chi connectivity index (χ0) is 13.5. The summed E-state index contributed by atoms with van der Waals surface area (Å²) in [5.41, 5.74) is 0. The number of halogens is 4. The Morgan fingerprint density at radius 3 is 0.533 bits per heavy atom. The topological polar surface area (TPSA) is 0 Å². The number of hydrogen-bond acceptors (Lipinski definition) is 0. The standard InChI is InChI=1S/2C4H12N.4ClH.Pd/c2*1-5(2,3)4;;;;;/h2*1-4H3;4*1H;/q2*+1;;;;;+2/p-4. The van der Waals surface area contributed by atoms with Gasteiger partial charge in [0, 0.05) is 0 Å². The van der Waals surface area contributed by atoms with Gasteiger partial charge in [-0.15, -0.1) is 0 Å². The Hall–Kier alpha value is 1.74. The summed E-state index contributed by atoms with van der Waals surface area (Å²) in [6.45, 7) is 0. The van der Waals surface area contributed by atoms with E-state index in [0.717, 1.165) is 8.97 Å². The molecule has 0 rings (SSSR count). The van der Waals surface area contributed by atoms with Crippen molar-refractivity contribution in [3.63, 3.8) is 0 Å². The maximum atomic E-state index is 4.98. The van der Waals surface area contributed by atoms with E-state index in [1.807, 2.05) is 0 Å². The average molecular weight is 397 g/mol. The molecule has 0 aliphatic rings. The Bertz CT molecular complexity index is 99.7. The Labute approximate surface area is 114 Å². The Morgan fingerprint density at radius 1 is 0.533 bits per heavy atom. The van der Waals surface area contributed by atoms with Crippen LogP contribution in [0.4, 0.5) is 0 Å². The zero-order valence-corrected chi connectivity index (χ0v) is 15.3. The molecule has 0 saturated heterocycles. The summed E-state index contributed by atoms with van der Waals surface area (Å²) in [6.07, 6.45) is 0. The van der Waals surface area contributed by atoms with Crippen LogP contribution in [0.5, 0.6) is 0 Å². The molecule has 0 heterocycles. The van der Waals surface area contributed by atoms with Crippen molar-refractivity contribution in [2.45, 2.75) is 0 Å². The van der Waals surface area contributed by atoms with E-state index in [1.165, 1.54) is 0 Å². The minimum absolute atomic E-state index is 1.00. The fourth-order valence-corrected chi connectivity index (χ4v) is 0. The molecule has 0 fully saturated rings.